The van der Waals surface area contributed by atoms with Gasteiger partial charge < -0.3 is 17.2 Å². The second-order valence-electron chi connectivity index (χ2n) is 3.04. The van der Waals surface area contributed by atoms with E-state index < -0.39 is 17.8 Å². The fourth-order valence-corrected chi connectivity index (χ4v) is 1.89. The molecular weight excluding hydrogens is 217 g/mol. The quantitative estimate of drug-likeness (QED) is 0.511. The normalized spacial score (nSPS) is 12.4. The molecule has 1 rings (SSSR count). The van der Waals surface area contributed by atoms with E-state index in [1.54, 1.807) is 6.07 Å². The standard InChI is InChI=1S/C9H12FN3OS/c10-5-1-6(11)3-7(2-5)15-4-8(12)9(13)14/h1-3,8H,4,11-12H2,(H2,13,14). The van der Waals surface area contributed by atoms with Crippen LogP contribution in [0.1, 0.15) is 0 Å². The van der Waals surface area contributed by atoms with Crippen molar-refractivity contribution in [1.82, 2.24) is 0 Å². The number of carbonyl (C=O) groups excluding carboxylic acids is 1. The molecule has 0 heterocycles. The summed E-state index contributed by atoms with van der Waals surface area (Å²) in [5.41, 5.74) is 16.2. The van der Waals surface area contributed by atoms with Gasteiger partial charge in [-0.05, 0) is 18.2 Å². The first-order valence-electron chi connectivity index (χ1n) is 4.23. The van der Waals surface area contributed by atoms with E-state index in [9.17, 15) is 9.18 Å². The third-order valence-corrected chi connectivity index (χ3v) is 2.78. The maximum atomic E-state index is 12.9. The highest BCUT2D eigenvalue weighted by Gasteiger charge is 2.09. The molecule has 0 aliphatic carbocycles. The molecule has 0 saturated carbocycles. The number of halogens is 1. The Balaban J connectivity index is 2.61. The lowest BCUT2D eigenvalue weighted by Crippen LogP contribution is -2.38. The largest absolute Gasteiger partial charge is 0.399 e. The van der Waals surface area contributed by atoms with Gasteiger partial charge in [0.15, 0.2) is 0 Å². The number of thioether (sulfide) groups is 1. The molecule has 0 bridgehead atoms. The van der Waals surface area contributed by atoms with E-state index in [0.717, 1.165) is 0 Å². The number of anilines is 1. The van der Waals surface area contributed by atoms with E-state index in [1.165, 1.54) is 23.9 Å². The molecular formula is C9H12FN3OS. The van der Waals surface area contributed by atoms with Gasteiger partial charge in [-0.3, -0.25) is 4.79 Å². The summed E-state index contributed by atoms with van der Waals surface area (Å²) in [7, 11) is 0. The van der Waals surface area contributed by atoms with Crippen LogP contribution in [0.5, 0.6) is 0 Å². The summed E-state index contributed by atoms with van der Waals surface area (Å²) < 4.78 is 12.9. The molecule has 82 valence electrons. The van der Waals surface area contributed by atoms with Gasteiger partial charge in [0.1, 0.15) is 5.82 Å². The van der Waals surface area contributed by atoms with E-state index in [2.05, 4.69) is 0 Å². The first kappa shape index (κ1) is 11.8. The lowest BCUT2D eigenvalue weighted by Gasteiger charge is -2.07. The van der Waals surface area contributed by atoms with Crippen molar-refractivity contribution in [3.05, 3.63) is 24.0 Å². The Hall–Kier alpha value is -1.27. The van der Waals surface area contributed by atoms with E-state index in [-0.39, 0.29) is 0 Å². The third kappa shape index (κ3) is 3.77. The van der Waals surface area contributed by atoms with Crippen molar-refractivity contribution < 1.29 is 9.18 Å². The van der Waals surface area contributed by atoms with Crippen LogP contribution in [0.2, 0.25) is 0 Å². The second-order valence-corrected chi connectivity index (χ2v) is 4.13. The Kier molecular flexibility index (Phi) is 3.93. The molecule has 0 fully saturated rings. The Morgan fingerprint density at radius 2 is 2.13 bits per heavy atom. The van der Waals surface area contributed by atoms with Gasteiger partial charge in [0.05, 0.1) is 6.04 Å². The van der Waals surface area contributed by atoms with Gasteiger partial charge in [0.2, 0.25) is 5.91 Å². The minimum atomic E-state index is -0.737. The van der Waals surface area contributed by atoms with Crippen molar-refractivity contribution in [2.75, 3.05) is 11.5 Å². The first-order valence-corrected chi connectivity index (χ1v) is 5.21. The van der Waals surface area contributed by atoms with E-state index in [4.69, 9.17) is 17.2 Å². The third-order valence-electron chi connectivity index (χ3n) is 1.69. The number of rotatable bonds is 4. The molecule has 6 heteroatoms. The molecule has 4 nitrogen and oxygen atoms in total. The Bertz CT molecular complexity index is 352. The number of primary amides is 1. The molecule has 1 atom stereocenters. The molecule has 15 heavy (non-hydrogen) atoms. The Morgan fingerprint density at radius 3 is 2.67 bits per heavy atom. The van der Waals surface area contributed by atoms with Crippen LogP contribution in [0.4, 0.5) is 10.1 Å². The van der Waals surface area contributed by atoms with E-state index in [0.29, 0.717) is 16.3 Å². The lowest BCUT2D eigenvalue weighted by atomic mass is 10.3. The minimum absolute atomic E-state index is 0.304. The lowest BCUT2D eigenvalue weighted by molar-refractivity contribution is -0.118. The maximum absolute atomic E-state index is 12.9. The van der Waals surface area contributed by atoms with E-state index in [1.807, 2.05) is 0 Å². The highest BCUT2D eigenvalue weighted by atomic mass is 32.2. The predicted molar refractivity (Wildman–Crippen MR) is 58.7 cm³/mol. The summed E-state index contributed by atoms with van der Waals surface area (Å²) in [6.45, 7) is 0. The van der Waals surface area contributed by atoms with E-state index >= 15 is 0 Å². The highest BCUT2D eigenvalue weighted by molar-refractivity contribution is 7.99. The van der Waals surface area contributed by atoms with Crippen LogP contribution in [0.25, 0.3) is 0 Å². The van der Waals surface area contributed by atoms with Crippen molar-refractivity contribution in [3.8, 4) is 0 Å². The number of carbonyl (C=O) groups is 1. The smallest absolute Gasteiger partial charge is 0.235 e. The van der Waals surface area contributed by atoms with Gasteiger partial charge >= 0.3 is 0 Å². The zero-order chi connectivity index (χ0) is 11.4. The maximum Gasteiger partial charge on any atom is 0.235 e. The number of nitrogens with two attached hydrogens (primary N) is 3. The van der Waals surface area contributed by atoms with Gasteiger partial charge in [-0.2, -0.15) is 0 Å². The minimum Gasteiger partial charge on any atom is -0.399 e. The van der Waals surface area contributed by atoms with Gasteiger partial charge in [-0.15, -0.1) is 11.8 Å². The molecule has 1 aromatic rings. The monoisotopic (exact) mass is 229 g/mol. The number of amides is 1. The zero-order valence-corrected chi connectivity index (χ0v) is 8.76. The number of hydrogen-bond acceptors (Lipinski definition) is 4. The topological polar surface area (TPSA) is 95.1 Å². The van der Waals surface area contributed by atoms with Gasteiger partial charge in [-0.1, -0.05) is 0 Å². The van der Waals surface area contributed by atoms with Gasteiger partial charge in [0, 0.05) is 16.3 Å². The summed E-state index contributed by atoms with van der Waals surface area (Å²) in [6.07, 6.45) is 0. The average molecular weight is 229 g/mol. The molecule has 0 aliphatic heterocycles. The Morgan fingerprint density at radius 1 is 1.47 bits per heavy atom. The summed E-state index contributed by atoms with van der Waals surface area (Å²) in [5, 5.41) is 0. The SMILES string of the molecule is NC(=O)C(N)CSc1cc(N)cc(F)c1. The molecule has 1 aromatic carbocycles. The first-order chi connectivity index (χ1) is 6.99. The van der Waals surface area contributed by atoms with Crippen LogP contribution >= 0.6 is 11.8 Å². The summed E-state index contributed by atoms with van der Waals surface area (Å²) in [5.74, 6) is -0.685. The van der Waals surface area contributed by atoms with Crippen LogP contribution < -0.4 is 17.2 Å². The fourth-order valence-electron chi connectivity index (χ4n) is 0.936. The molecule has 1 amide bonds. The number of nitrogen functional groups attached to an aromatic ring is 1. The number of benzene rings is 1. The van der Waals surface area contributed by atoms with Gasteiger partial charge in [-0.25, -0.2) is 4.39 Å². The molecule has 0 radical (unpaired) electrons. The molecule has 0 aromatic heterocycles. The summed E-state index contributed by atoms with van der Waals surface area (Å²) in [6, 6.07) is 3.42. The molecule has 0 spiro atoms. The van der Waals surface area contributed by atoms with Crippen LogP contribution in [-0.4, -0.2) is 17.7 Å². The van der Waals surface area contributed by atoms with Crippen molar-refractivity contribution in [1.29, 1.82) is 0 Å². The summed E-state index contributed by atoms with van der Waals surface area (Å²) in [4.78, 5) is 11.3. The zero-order valence-electron chi connectivity index (χ0n) is 7.94. The van der Waals surface area contributed by atoms with Crippen LogP contribution in [-0.2, 0) is 4.79 Å². The van der Waals surface area contributed by atoms with Crippen LogP contribution in [0.15, 0.2) is 23.1 Å². The highest BCUT2D eigenvalue weighted by Crippen LogP contribution is 2.22. The second kappa shape index (κ2) is 4.99. The number of hydrogen-bond donors (Lipinski definition) is 3. The fraction of sp³-hybridized carbons (Fsp3) is 0.222. The molecule has 0 saturated heterocycles. The van der Waals surface area contributed by atoms with Crippen molar-refractivity contribution >= 4 is 23.4 Å². The van der Waals surface area contributed by atoms with Crippen LogP contribution in [0.3, 0.4) is 0 Å². The van der Waals surface area contributed by atoms with Crippen molar-refractivity contribution in [2.24, 2.45) is 11.5 Å². The average Bonchev–Trinajstić information content (AvgIpc) is 2.12. The molecule has 0 aliphatic rings. The Labute approximate surface area is 91.0 Å². The van der Waals surface area contributed by atoms with Gasteiger partial charge in [0.25, 0.3) is 0 Å². The summed E-state index contributed by atoms with van der Waals surface area (Å²) >= 11 is 1.24. The van der Waals surface area contributed by atoms with Crippen molar-refractivity contribution in [3.63, 3.8) is 0 Å². The van der Waals surface area contributed by atoms with Crippen molar-refractivity contribution in [2.45, 2.75) is 10.9 Å². The predicted octanol–water partition coefficient (Wildman–Crippen LogP) is 0.313. The van der Waals surface area contributed by atoms with Crippen LogP contribution in [0, 0.1) is 5.82 Å². The molecule has 1 unspecified atom stereocenters. The molecule has 6 N–H and O–H groups in total.